The highest BCUT2D eigenvalue weighted by Gasteiger charge is 2.34. The summed E-state index contributed by atoms with van der Waals surface area (Å²) in [6, 6.07) is 8.81. The van der Waals surface area contributed by atoms with Crippen LogP contribution in [-0.2, 0) is 44.9 Å². The van der Waals surface area contributed by atoms with E-state index in [-0.39, 0.29) is 17.9 Å². The molecular formula is C35H39N5O14. The molecule has 0 aliphatic carbocycles. The van der Waals surface area contributed by atoms with E-state index < -0.39 is 109 Å². The number of carbonyl (C=O) groups is 8. The highest BCUT2D eigenvalue weighted by molar-refractivity contribution is 6.01. The zero-order valence-electron chi connectivity index (χ0n) is 29.0. The SMILES string of the molecule is CC(C)[C@H](NC(=O)[C@H](CCC(=O)O)NC(=O)[C@H](CC(=O)O)NC(=O)OCc1ccccc1)C(=O)N[C@@H](CC(=O)O)C(=O)Nc1ccc2ccc(=O)oc2c1. The van der Waals surface area contributed by atoms with E-state index in [0.717, 1.165) is 0 Å². The van der Waals surface area contributed by atoms with Crippen LogP contribution in [0.15, 0.2) is 69.9 Å². The molecule has 0 spiro atoms. The molecular weight excluding hydrogens is 714 g/mol. The third kappa shape index (κ3) is 13.4. The molecule has 19 nitrogen and oxygen atoms in total. The van der Waals surface area contributed by atoms with Crippen molar-refractivity contribution >= 4 is 64.3 Å². The molecule has 1 heterocycles. The van der Waals surface area contributed by atoms with Crippen LogP contribution < -0.4 is 32.2 Å². The third-order valence-electron chi connectivity index (χ3n) is 7.63. The number of nitrogens with one attached hydrogen (secondary N) is 5. The normalized spacial score (nSPS) is 13.0. The quantitative estimate of drug-likeness (QED) is 0.0791. The number of hydrogen-bond donors (Lipinski definition) is 8. The molecule has 54 heavy (non-hydrogen) atoms. The smallest absolute Gasteiger partial charge is 0.408 e. The van der Waals surface area contributed by atoms with Crippen molar-refractivity contribution in [3.05, 3.63) is 76.6 Å². The van der Waals surface area contributed by atoms with E-state index in [1.165, 1.54) is 44.2 Å². The van der Waals surface area contributed by atoms with Crippen molar-refractivity contribution < 1.29 is 62.8 Å². The van der Waals surface area contributed by atoms with E-state index >= 15 is 0 Å². The second kappa shape index (κ2) is 19.7. The number of fused-ring (bicyclic) bond motifs is 1. The predicted octanol–water partition coefficient (Wildman–Crippen LogP) is 0.951. The maximum Gasteiger partial charge on any atom is 0.408 e. The minimum absolute atomic E-state index is 0.109. The Morgan fingerprint density at radius 2 is 1.28 bits per heavy atom. The van der Waals surface area contributed by atoms with Crippen molar-refractivity contribution in [2.45, 2.75) is 70.3 Å². The van der Waals surface area contributed by atoms with Crippen LogP contribution in [0.4, 0.5) is 10.5 Å². The van der Waals surface area contributed by atoms with E-state index in [0.29, 0.717) is 10.9 Å². The van der Waals surface area contributed by atoms with Gasteiger partial charge in [0.25, 0.3) is 0 Å². The molecule has 1 aromatic heterocycles. The van der Waals surface area contributed by atoms with Gasteiger partial charge < -0.3 is 51.1 Å². The summed E-state index contributed by atoms with van der Waals surface area (Å²) >= 11 is 0. The van der Waals surface area contributed by atoms with Gasteiger partial charge in [0.1, 0.15) is 36.4 Å². The maximum absolute atomic E-state index is 13.5. The summed E-state index contributed by atoms with van der Waals surface area (Å²) in [5.74, 6) is -9.30. The molecule has 2 aromatic carbocycles. The molecule has 0 saturated carbocycles. The fraction of sp³-hybridized carbons (Fsp3) is 0.343. The molecule has 19 heteroatoms. The number of carbonyl (C=O) groups excluding carboxylic acids is 5. The topological polar surface area (TPSA) is 297 Å². The Morgan fingerprint density at radius 1 is 0.685 bits per heavy atom. The van der Waals surface area contributed by atoms with Crippen LogP contribution >= 0.6 is 0 Å². The Hall–Kier alpha value is -6.79. The van der Waals surface area contributed by atoms with Gasteiger partial charge in [0.2, 0.25) is 23.6 Å². The van der Waals surface area contributed by atoms with Gasteiger partial charge in [0.15, 0.2) is 0 Å². The summed E-state index contributed by atoms with van der Waals surface area (Å²) in [5.41, 5.74) is 0.179. The Morgan fingerprint density at radius 3 is 1.89 bits per heavy atom. The number of aliphatic carboxylic acids is 3. The zero-order chi connectivity index (χ0) is 39.9. The number of carboxylic acid groups (broad SMARTS) is 3. The van der Waals surface area contributed by atoms with Crippen LogP contribution in [0.5, 0.6) is 0 Å². The first kappa shape index (κ1) is 41.6. The van der Waals surface area contributed by atoms with Gasteiger partial charge in [0, 0.05) is 29.6 Å². The number of ether oxygens (including phenoxy) is 1. The van der Waals surface area contributed by atoms with Crippen molar-refractivity contribution in [2.75, 3.05) is 5.32 Å². The number of benzene rings is 2. The first-order valence-electron chi connectivity index (χ1n) is 16.4. The minimum atomic E-state index is -1.77. The summed E-state index contributed by atoms with van der Waals surface area (Å²) in [7, 11) is 0. The van der Waals surface area contributed by atoms with Crippen LogP contribution in [0.1, 0.15) is 45.1 Å². The van der Waals surface area contributed by atoms with Gasteiger partial charge in [-0.1, -0.05) is 44.2 Å². The highest BCUT2D eigenvalue weighted by Crippen LogP contribution is 2.18. The Balaban J connectivity index is 1.74. The fourth-order valence-corrected chi connectivity index (χ4v) is 4.90. The van der Waals surface area contributed by atoms with Gasteiger partial charge in [-0.2, -0.15) is 0 Å². The van der Waals surface area contributed by atoms with E-state index in [1.54, 1.807) is 30.3 Å². The molecule has 3 aromatic rings. The molecule has 288 valence electrons. The summed E-state index contributed by atoms with van der Waals surface area (Å²) < 4.78 is 10.1. The Bertz CT molecular complexity index is 1930. The second-order valence-corrected chi connectivity index (χ2v) is 12.2. The predicted molar refractivity (Wildman–Crippen MR) is 187 cm³/mol. The number of alkyl carbamates (subject to hydrolysis) is 1. The maximum atomic E-state index is 13.5. The van der Waals surface area contributed by atoms with Gasteiger partial charge in [-0.15, -0.1) is 0 Å². The molecule has 0 saturated heterocycles. The summed E-state index contributed by atoms with van der Waals surface area (Å²) in [4.78, 5) is 112. The van der Waals surface area contributed by atoms with Crippen molar-refractivity contribution in [3.63, 3.8) is 0 Å². The van der Waals surface area contributed by atoms with Crippen molar-refractivity contribution in [1.29, 1.82) is 0 Å². The number of rotatable bonds is 19. The molecule has 4 atom stereocenters. The number of anilines is 1. The average molecular weight is 754 g/mol. The van der Waals surface area contributed by atoms with Crippen molar-refractivity contribution in [3.8, 4) is 0 Å². The van der Waals surface area contributed by atoms with Gasteiger partial charge in [0.05, 0.1) is 12.8 Å². The van der Waals surface area contributed by atoms with E-state index in [9.17, 15) is 58.5 Å². The molecule has 0 radical (unpaired) electrons. The summed E-state index contributed by atoms with van der Waals surface area (Å²) in [5, 5.41) is 40.1. The lowest BCUT2D eigenvalue weighted by Gasteiger charge is -2.27. The molecule has 0 fully saturated rings. The lowest BCUT2D eigenvalue weighted by molar-refractivity contribution is -0.141. The lowest BCUT2D eigenvalue weighted by atomic mass is 10.0. The van der Waals surface area contributed by atoms with Gasteiger partial charge in [-0.25, -0.2) is 9.59 Å². The highest BCUT2D eigenvalue weighted by atomic mass is 16.5. The van der Waals surface area contributed by atoms with Crippen LogP contribution in [0.25, 0.3) is 11.0 Å². The Labute approximate surface area is 306 Å². The number of carboxylic acids is 3. The molecule has 0 bridgehead atoms. The van der Waals surface area contributed by atoms with Gasteiger partial charge >= 0.3 is 29.6 Å². The third-order valence-corrected chi connectivity index (χ3v) is 7.63. The molecule has 8 N–H and O–H groups in total. The van der Waals surface area contributed by atoms with Gasteiger partial charge in [-0.05, 0) is 36.1 Å². The summed E-state index contributed by atoms with van der Waals surface area (Å²) in [6.45, 7) is 2.78. The average Bonchev–Trinajstić information content (AvgIpc) is 3.10. The molecule has 5 amide bonds. The van der Waals surface area contributed by atoms with E-state index in [4.69, 9.17) is 9.15 Å². The number of hydrogen-bond acceptors (Lipinski definition) is 11. The largest absolute Gasteiger partial charge is 0.481 e. The molecule has 0 unspecified atom stereocenters. The number of amides is 5. The van der Waals surface area contributed by atoms with Crippen LogP contribution in [0.3, 0.4) is 0 Å². The summed E-state index contributed by atoms with van der Waals surface area (Å²) in [6.07, 6.45) is -4.19. The fourth-order valence-electron chi connectivity index (χ4n) is 4.90. The molecule has 3 rings (SSSR count). The standard InChI is InChI=1S/C35H39N5O14/c1-18(2)30(34(51)38-23(15-27(43)44)32(49)36-21-10-8-20-9-13-29(47)54-25(20)14-21)40-31(48)22(11-12-26(41)42)37-33(50)24(16-28(45)46)39-35(52)53-17-19-6-4-3-5-7-19/h3-10,13-14,18,22-24,30H,11-12,15-17H2,1-2H3,(H,36,49)(H,37,50)(H,38,51)(H,39,52)(H,40,48)(H,41,42)(H,43,44)(H,45,46)/t22-,23-,24-,30-/m0/s1. The first-order chi connectivity index (χ1) is 25.5. The zero-order valence-corrected chi connectivity index (χ0v) is 29.0. The lowest BCUT2D eigenvalue weighted by Crippen LogP contribution is -2.59. The molecule has 0 aliphatic heterocycles. The van der Waals surface area contributed by atoms with Gasteiger partial charge in [-0.3, -0.25) is 33.6 Å². The van der Waals surface area contributed by atoms with Crippen LogP contribution in [-0.4, -0.2) is 87.1 Å². The first-order valence-corrected chi connectivity index (χ1v) is 16.4. The van der Waals surface area contributed by atoms with Crippen LogP contribution in [0.2, 0.25) is 0 Å². The minimum Gasteiger partial charge on any atom is -0.481 e. The monoisotopic (exact) mass is 753 g/mol. The van der Waals surface area contributed by atoms with E-state index in [1.807, 2.05) is 0 Å². The van der Waals surface area contributed by atoms with Crippen molar-refractivity contribution in [1.82, 2.24) is 21.3 Å². The van der Waals surface area contributed by atoms with Crippen molar-refractivity contribution in [2.24, 2.45) is 5.92 Å². The molecule has 0 aliphatic rings. The second-order valence-electron chi connectivity index (χ2n) is 12.2. The van der Waals surface area contributed by atoms with Crippen LogP contribution in [0, 0.1) is 5.92 Å². The Kier molecular flexibility index (Phi) is 15.2. The van der Waals surface area contributed by atoms with E-state index in [2.05, 4.69) is 26.6 Å².